The van der Waals surface area contributed by atoms with Gasteiger partial charge in [0, 0.05) is 56.9 Å². The average molecular weight is 605 g/mol. The number of carbonyl (C=O) groups excluding carboxylic acids is 4. The Morgan fingerprint density at radius 3 is 2.36 bits per heavy atom. The van der Waals surface area contributed by atoms with Gasteiger partial charge >= 0.3 is 12.1 Å². The van der Waals surface area contributed by atoms with Gasteiger partial charge in [-0.25, -0.2) is 9.59 Å². The van der Waals surface area contributed by atoms with E-state index >= 15 is 0 Å². The number of piperidine rings is 2. The number of amides is 5. The lowest BCUT2D eigenvalue weighted by atomic mass is 9.96. The van der Waals surface area contributed by atoms with Crippen molar-refractivity contribution in [3.05, 3.63) is 64.7 Å². The van der Waals surface area contributed by atoms with E-state index < -0.39 is 18.1 Å². The molecule has 236 valence electrons. The van der Waals surface area contributed by atoms with Crippen LogP contribution in [-0.2, 0) is 40.0 Å². The summed E-state index contributed by atoms with van der Waals surface area (Å²) in [6.07, 6.45) is 3.00. The summed E-state index contributed by atoms with van der Waals surface area (Å²) in [7, 11) is 0. The highest BCUT2D eigenvalue weighted by Gasteiger charge is 2.35. The van der Waals surface area contributed by atoms with Gasteiger partial charge in [-0.2, -0.15) is 0 Å². The Balaban J connectivity index is 1.24. The molecule has 0 spiro atoms. The fourth-order valence-electron chi connectivity index (χ4n) is 6.51. The summed E-state index contributed by atoms with van der Waals surface area (Å²) in [5, 5.41) is 3.03. The molecule has 2 fully saturated rings. The molecule has 1 atom stereocenters. The van der Waals surface area contributed by atoms with Gasteiger partial charge in [-0.15, -0.1) is 0 Å². The van der Waals surface area contributed by atoms with Crippen LogP contribution in [-0.4, -0.2) is 89.5 Å². The number of hydrogen-bond acceptors (Lipinski definition) is 6. The van der Waals surface area contributed by atoms with Crippen molar-refractivity contribution < 1.29 is 23.9 Å². The van der Waals surface area contributed by atoms with Crippen molar-refractivity contribution in [3.8, 4) is 0 Å². The zero-order valence-electron chi connectivity index (χ0n) is 25.5. The molecular weight excluding hydrogens is 560 g/mol. The molecule has 2 aromatic carbocycles. The second-order valence-corrected chi connectivity index (χ2v) is 12.1. The number of nitrogens with zero attached hydrogens (tertiary/aromatic N) is 3. The van der Waals surface area contributed by atoms with E-state index in [4.69, 9.17) is 16.2 Å². The van der Waals surface area contributed by atoms with Crippen LogP contribution >= 0.6 is 0 Å². The number of likely N-dealkylation sites (tertiary alicyclic amines) is 2. The largest absolute Gasteiger partial charge is 0.436 e. The van der Waals surface area contributed by atoms with Gasteiger partial charge in [0.2, 0.25) is 5.91 Å². The van der Waals surface area contributed by atoms with E-state index in [0.29, 0.717) is 64.8 Å². The number of nitrogens with one attached hydrogen (secondary N) is 1. The van der Waals surface area contributed by atoms with E-state index in [-0.39, 0.29) is 36.9 Å². The smallest absolute Gasteiger partial charge is 0.410 e. The molecule has 3 heterocycles. The first-order chi connectivity index (χ1) is 21.2. The molecule has 2 saturated heterocycles. The summed E-state index contributed by atoms with van der Waals surface area (Å²) in [6, 6.07) is 13.5. The molecular formula is C33H44N6O5. The number of para-hydroxylation sites is 1. The van der Waals surface area contributed by atoms with Crippen molar-refractivity contribution in [2.45, 2.75) is 76.5 Å². The van der Waals surface area contributed by atoms with Crippen LogP contribution in [0.2, 0.25) is 0 Å². The van der Waals surface area contributed by atoms with Gasteiger partial charge in [0.25, 0.3) is 5.91 Å². The minimum atomic E-state index is -0.990. The average Bonchev–Trinajstić information content (AvgIpc) is 3.19. The molecule has 0 aromatic heterocycles. The van der Waals surface area contributed by atoms with Gasteiger partial charge in [0.05, 0.1) is 6.42 Å². The van der Waals surface area contributed by atoms with Gasteiger partial charge in [-0.1, -0.05) is 43.3 Å². The lowest BCUT2D eigenvalue weighted by Crippen LogP contribution is -2.52. The van der Waals surface area contributed by atoms with Crippen LogP contribution < -0.4 is 16.8 Å². The Morgan fingerprint density at radius 2 is 1.66 bits per heavy atom. The number of carbonyl (C=O) groups is 4. The third kappa shape index (κ3) is 7.50. The first-order valence-corrected chi connectivity index (χ1v) is 15.8. The Kier molecular flexibility index (Phi) is 10.0. The molecule has 11 nitrogen and oxygen atoms in total. The van der Waals surface area contributed by atoms with Gasteiger partial charge in [-0.05, 0) is 66.8 Å². The standard InChI is InChI=1S/C33H44N6O5/c1-2-23-19-22(7-8-25(23)21-30(35)40)20-29(31(41)37-14-10-26(34)11-15-37)44-33(43)38-16-12-27(13-17-38)39-18-9-24-5-3-4-6-28(24)36-32(39)42/h3-8,19,26-27,29H,2,9-18,20-21,34H2,1H3,(H2,35,40)(H,36,42)/t29-/m1/s1. The number of benzene rings is 2. The molecule has 0 aliphatic carbocycles. The number of ether oxygens (including phenoxy) is 1. The molecule has 0 radical (unpaired) electrons. The summed E-state index contributed by atoms with van der Waals surface area (Å²) >= 11 is 0. The normalized spacial score (nSPS) is 18.7. The molecule has 5 rings (SSSR count). The number of nitrogens with two attached hydrogens (primary N) is 2. The summed E-state index contributed by atoms with van der Waals surface area (Å²) in [5.41, 5.74) is 16.1. The van der Waals surface area contributed by atoms with Crippen LogP contribution in [0.25, 0.3) is 0 Å². The molecule has 0 bridgehead atoms. The van der Waals surface area contributed by atoms with E-state index in [1.807, 2.05) is 54.3 Å². The van der Waals surface area contributed by atoms with Crippen molar-refractivity contribution in [2.75, 3.05) is 38.0 Å². The number of hydrogen-bond donors (Lipinski definition) is 3. The minimum Gasteiger partial charge on any atom is -0.436 e. The molecule has 11 heteroatoms. The van der Waals surface area contributed by atoms with Crippen LogP contribution in [0.5, 0.6) is 0 Å². The zero-order valence-corrected chi connectivity index (χ0v) is 25.5. The molecule has 2 aromatic rings. The first kappa shape index (κ1) is 31.3. The van der Waals surface area contributed by atoms with E-state index in [9.17, 15) is 19.2 Å². The van der Waals surface area contributed by atoms with E-state index in [0.717, 1.165) is 34.4 Å². The van der Waals surface area contributed by atoms with E-state index in [2.05, 4.69) is 5.32 Å². The van der Waals surface area contributed by atoms with Gasteiger partial charge < -0.3 is 36.2 Å². The van der Waals surface area contributed by atoms with Crippen molar-refractivity contribution in [1.29, 1.82) is 0 Å². The third-order valence-corrected chi connectivity index (χ3v) is 9.11. The number of fused-ring (bicyclic) bond motifs is 1. The molecule has 44 heavy (non-hydrogen) atoms. The van der Waals surface area contributed by atoms with Crippen LogP contribution in [0.4, 0.5) is 15.3 Å². The first-order valence-electron chi connectivity index (χ1n) is 15.8. The maximum Gasteiger partial charge on any atom is 0.410 e. The number of anilines is 1. The molecule has 0 unspecified atom stereocenters. The third-order valence-electron chi connectivity index (χ3n) is 9.11. The van der Waals surface area contributed by atoms with Crippen LogP contribution in [0.15, 0.2) is 42.5 Å². The van der Waals surface area contributed by atoms with Crippen molar-refractivity contribution in [1.82, 2.24) is 14.7 Å². The summed E-state index contributed by atoms with van der Waals surface area (Å²) < 4.78 is 5.97. The fraction of sp³-hybridized carbons (Fsp3) is 0.515. The molecule has 0 saturated carbocycles. The lowest BCUT2D eigenvalue weighted by Gasteiger charge is -2.38. The van der Waals surface area contributed by atoms with Gasteiger partial charge in [0.1, 0.15) is 0 Å². The Hall–Kier alpha value is -4.12. The molecule has 5 N–H and O–H groups in total. The minimum absolute atomic E-state index is 0.00901. The maximum absolute atomic E-state index is 13.7. The Morgan fingerprint density at radius 1 is 0.955 bits per heavy atom. The van der Waals surface area contributed by atoms with Crippen LogP contribution in [0, 0.1) is 0 Å². The number of rotatable bonds is 8. The van der Waals surface area contributed by atoms with Crippen LogP contribution in [0.1, 0.15) is 54.9 Å². The lowest BCUT2D eigenvalue weighted by molar-refractivity contribution is -0.142. The topological polar surface area (TPSA) is 151 Å². The quantitative estimate of drug-likeness (QED) is 0.422. The summed E-state index contributed by atoms with van der Waals surface area (Å²) in [4.78, 5) is 56.9. The highest BCUT2D eigenvalue weighted by Crippen LogP contribution is 2.25. The van der Waals surface area contributed by atoms with Crippen molar-refractivity contribution in [2.24, 2.45) is 11.5 Å². The summed E-state index contributed by atoms with van der Waals surface area (Å²) in [6.45, 7) is 4.54. The second kappa shape index (κ2) is 14.1. The maximum atomic E-state index is 13.7. The predicted molar refractivity (Wildman–Crippen MR) is 167 cm³/mol. The van der Waals surface area contributed by atoms with E-state index in [1.165, 1.54) is 0 Å². The van der Waals surface area contributed by atoms with Crippen molar-refractivity contribution >= 4 is 29.6 Å². The molecule has 5 amide bonds. The zero-order chi connectivity index (χ0) is 31.2. The number of primary amides is 1. The predicted octanol–water partition coefficient (Wildman–Crippen LogP) is 2.83. The SMILES string of the molecule is CCc1cc(C[C@@H](OC(=O)N2CCC(N3CCc4ccccc4NC3=O)CC2)C(=O)N2CCC(N)CC2)ccc1CC(N)=O. The van der Waals surface area contributed by atoms with E-state index in [1.54, 1.807) is 9.80 Å². The van der Waals surface area contributed by atoms with Crippen molar-refractivity contribution in [3.63, 3.8) is 0 Å². The monoisotopic (exact) mass is 604 g/mol. The number of urea groups is 1. The molecule has 3 aliphatic heterocycles. The fourth-order valence-corrected chi connectivity index (χ4v) is 6.51. The Labute approximate surface area is 258 Å². The summed E-state index contributed by atoms with van der Waals surface area (Å²) in [5.74, 6) is -0.622. The second-order valence-electron chi connectivity index (χ2n) is 12.1. The highest BCUT2D eigenvalue weighted by molar-refractivity contribution is 5.91. The van der Waals surface area contributed by atoms with Gasteiger partial charge in [0.15, 0.2) is 6.10 Å². The highest BCUT2D eigenvalue weighted by atomic mass is 16.6. The number of aryl methyl sites for hydroxylation is 1. The Bertz CT molecular complexity index is 1370. The molecule has 3 aliphatic rings. The van der Waals surface area contributed by atoms with Crippen LogP contribution in [0.3, 0.4) is 0 Å². The van der Waals surface area contributed by atoms with Gasteiger partial charge in [-0.3, -0.25) is 9.59 Å².